The Bertz CT molecular complexity index is 892. The van der Waals surface area contributed by atoms with Crippen molar-refractivity contribution in [2.45, 2.75) is 64.6 Å². The molecule has 0 aromatic heterocycles. The second-order valence-corrected chi connectivity index (χ2v) is 10.2. The fourth-order valence-corrected chi connectivity index (χ4v) is 6.91. The van der Waals surface area contributed by atoms with Gasteiger partial charge in [0.05, 0.1) is 7.11 Å². The fourth-order valence-electron chi connectivity index (χ4n) is 6.91. The van der Waals surface area contributed by atoms with Gasteiger partial charge in [0, 0.05) is 18.2 Å². The van der Waals surface area contributed by atoms with Crippen molar-refractivity contribution < 1.29 is 13.9 Å². The molecule has 4 saturated carbocycles. The van der Waals surface area contributed by atoms with Gasteiger partial charge in [0.2, 0.25) is 0 Å². The van der Waals surface area contributed by atoms with Crippen molar-refractivity contribution in [3.8, 4) is 11.5 Å². The molecule has 0 radical (unpaired) electrons. The Labute approximate surface area is 185 Å². The fraction of sp³-hybridized carbons (Fsp3) is 0.556. The van der Waals surface area contributed by atoms with Crippen LogP contribution in [0.4, 0.5) is 4.39 Å². The highest BCUT2D eigenvalue weighted by atomic mass is 19.1. The van der Waals surface area contributed by atoms with E-state index in [-0.39, 0.29) is 12.4 Å². The van der Waals surface area contributed by atoms with Crippen molar-refractivity contribution in [3.05, 3.63) is 59.4 Å². The molecule has 4 aliphatic carbocycles. The Morgan fingerprint density at radius 3 is 2.32 bits per heavy atom. The molecule has 4 fully saturated rings. The first-order chi connectivity index (χ1) is 15.0. The van der Waals surface area contributed by atoms with Crippen LogP contribution in [0.1, 0.15) is 56.6 Å². The lowest BCUT2D eigenvalue weighted by Gasteiger charge is -2.59. The van der Waals surface area contributed by atoms with E-state index in [4.69, 9.17) is 9.47 Å². The number of methoxy groups -OCH3 is 1. The van der Waals surface area contributed by atoms with Gasteiger partial charge >= 0.3 is 0 Å². The second kappa shape index (κ2) is 8.46. The lowest BCUT2D eigenvalue weighted by Crippen LogP contribution is -2.54. The molecular formula is C27H34FNO2. The zero-order valence-electron chi connectivity index (χ0n) is 18.7. The van der Waals surface area contributed by atoms with Crippen LogP contribution in [-0.4, -0.2) is 13.2 Å². The summed E-state index contributed by atoms with van der Waals surface area (Å²) in [5.74, 6) is 4.01. The number of nitrogens with one attached hydrogen (secondary N) is 1. The largest absolute Gasteiger partial charge is 0.493 e. The predicted octanol–water partition coefficient (Wildman–Crippen LogP) is 6.11. The number of rotatable bonds is 8. The number of hydrogen-bond donors (Lipinski definition) is 1. The minimum absolute atomic E-state index is 0.184. The predicted molar refractivity (Wildman–Crippen MR) is 121 cm³/mol. The molecule has 0 heterocycles. The van der Waals surface area contributed by atoms with Crippen LogP contribution >= 0.6 is 0 Å². The maximum atomic E-state index is 13.9. The molecule has 1 unspecified atom stereocenters. The highest BCUT2D eigenvalue weighted by Gasteiger charge is 2.52. The summed E-state index contributed by atoms with van der Waals surface area (Å²) in [6, 6.07) is 13.3. The monoisotopic (exact) mass is 423 g/mol. The summed E-state index contributed by atoms with van der Waals surface area (Å²) in [6.45, 7) is 3.41. The van der Waals surface area contributed by atoms with E-state index in [0.717, 1.165) is 24.3 Å². The van der Waals surface area contributed by atoms with Crippen LogP contribution in [0.3, 0.4) is 0 Å². The summed E-state index contributed by atoms with van der Waals surface area (Å²) in [5, 5.41) is 3.85. The van der Waals surface area contributed by atoms with Gasteiger partial charge < -0.3 is 14.8 Å². The van der Waals surface area contributed by atoms with Crippen LogP contribution < -0.4 is 14.8 Å². The zero-order chi connectivity index (χ0) is 21.4. The smallest absolute Gasteiger partial charge is 0.161 e. The van der Waals surface area contributed by atoms with Gasteiger partial charge in [-0.25, -0.2) is 4.39 Å². The molecule has 0 aliphatic heterocycles. The van der Waals surface area contributed by atoms with Crippen molar-refractivity contribution >= 4 is 0 Å². The van der Waals surface area contributed by atoms with Crippen LogP contribution in [0.15, 0.2) is 42.5 Å². The van der Waals surface area contributed by atoms with Crippen LogP contribution in [0.25, 0.3) is 0 Å². The molecule has 2 aromatic carbocycles. The van der Waals surface area contributed by atoms with Crippen molar-refractivity contribution in [1.82, 2.24) is 5.32 Å². The Hall–Kier alpha value is -2.07. The molecule has 1 N–H and O–H groups in total. The number of benzene rings is 2. The molecule has 0 saturated heterocycles. The van der Waals surface area contributed by atoms with Gasteiger partial charge in [-0.15, -0.1) is 0 Å². The van der Waals surface area contributed by atoms with Gasteiger partial charge in [-0.05, 0) is 92.4 Å². The molecule has 1 atom stereocenters. The number of ether oxygens (including phenoxy) is 2. The molecule has 6 rings (SSSR count). The molecule has 166 valence electrons. The summed E-state index contributed by atoms with van der Waals surface area (Å²) in [6.07, 6.45) is 8.70. The quantitative estimate of drug-likeness (QED) is 0.556. The van der Waals surface area contributed by atoms with Gasteiger partial charge in [-0.3, -0.25) is 0 Å². The van der Waals surface area contributed by atoms with E-state index in [1.807, 2.05) is 18.2 Å². The van der Waals surface area contributed by atoms with Crippen LogP contribution in [-0.2, 0) is 13.2 Å². The SMILES string of the molecule is COc1cc(CNC(C)C23CC4CC(CC(C4)C2)C3)ccc1OCc1ccccc1F. The normalized spacial score (nSPS) is 29.7. The van der Waals surface area contributed by atoms with Gasteiger partial charge in [0.1, 0.15) is 12.4 Å². The summed E-state index contributed by atoms with van der Waals surface area (Å²) in [5.41, 5.74) is 2.23. The third kappa shape index (κ3) is 4.19. The third-order valence-corrected chi connectivity index (χ3v) is 8.19. The Kier molecular flexibility index (Phi) is 5.68. The molecule has 4 aliphatic rings. The summed E-state index contributed by atoms with van der Waals surface area (Å²) < 4.78 is 25.3. The average Bonchev–Trinajstić information content (AvgIpc) is 2.76. The van der Waals surface area contributed by atoms with E-state index < -0.39 is 0 Å². The lowest BCUT2D eigenvalue weighted by molar-refractivity contribution is -0.0706. The van der Waals surface area contributed by atoms with Crippen molar-refractivity contribution in [1.29, 1.82) is 0 Å². The van der Waals surface area contributed by atoms with Crippen LogP contribution in [0.2, 0.25) is 0 Å². The summed E-state index contributed by atoms with van der Waals surface area (Å²) >= 11 is 0. The first-order valence-corrected chi connectivity index (χ1v) is 11.8. The molecular weight excluding hydrogens is 389 g/mol. The van der Waals surface area contributed by atoms with Gasteiger partial charge in [0.15, 0.2) is 11.5 Å². The standard InChI is InChI=1S/C27H34FNO2/c1-18(27-13-20-9-21(14-27)11-22(10-20)15-27)29-16-19-7-8-25(26(12-19)30-2)31-17-23-5-3-4-6-24(23)28/h3-8,12,18,20-22,29H,9-11,13-17H2,1-2H3. The molecule has 4 bridgehead atoms. The highest BCUT2D eigenvalue weighted by molar-refractivity contribution is 5.43. The van der Waals surface area contributed by atoms with Gasteiger partial charge in [-0.2, -0.15) is 0 Å². The van der Waals surface area contributed by atoms with E-state index in [1.165, 1.54) is 50.2 Å². The van der Waals surface area contributed by atoms with Crippen LogP contribution in [0, 0.1) is 29.0 Å². The summed E-state index contributed by atoms with van der Waals surface area (Å²) in [4.78, 5) is 0. The first kappa shape index (κ1) is 20.8. The van der Waals surface area contributed by atoms with Crippen LogP contribution in [0.5, 0.6) is 11.5 Å². The second-order valence-electron chi connectivity index (χ2n) is 10.2. The maximum Gasteiger partial charge on any atom is 0.161 e. The molecule has 31 heavy (non-hydrogen) atoms. The minimum atomic E-state index is -0.249. The molecule has 0 amide bonds. The summed E-state index contributed by atoms with van der Waals surface area (Å²) in [7, 11) is 1.65. The third-order valence-electron chi connectivity index (χ3n) is 8.19. The number of halogens is 1. The highest BCUT2D eigenvalue weighted by Crippen LogP contribution is 2.61. The Morgan fingerprint density at radius 1 is 1.00 bits per heavy atom. The Morgan fingerprint density at radius 2 is 1.68 bits per heavy atom. The number of hydrogen-bond acceptors (Lipinski definition) is 3. The van der Waals surface area contributed by atoms with Gasteiger partial charge in [-0.1, -0.05) is 24.3 Å². The molecule has 4 heteroatoms. The first-order valence-electron chi connectivity index (χ1n) is 11.8. The topological polar surface area (TPSA) is 30.5 Å². The molecule has 2 aromatic rings. The van der Waals surface area contributed by atoms with Crippen molar-refractivity contribution in [3.63, 3.8) is 0 Å². The van der Waals surface area contributed by atoms with E-state index in [0.29, 0.717) is 28.5 Å². The van der Waals surface area contributed by atoms with Gasteiger partial charge in [0.25, 0.3) is 0 Å². The van der Waals surface area contributed by atoms with E-state index >= 15 is 0 Å². The maximum absolute atomic E-state index is 13.9. The lowest BCUT2D eigenvalue weighted by atomic mass is 9.48. The van der Waals surface area contributed by atoms with Crippen molar-refractivity contribution in [2.24, 2.45) is 23.2 Å². The average molecular weight is 424 g/mol. The molecule has 3 nitrogen and oxygen atoms in total. The minimum Gasteiger partial charge on any atom is -0.493 e. The Balaban J connectivity index is 1.21. The van der Waals surface area contributed by atoms with Crippen molar-refractivity contribution in [2.75, 3.05) is 7.11 Å². The van der Waals surface area contributed by atoms with E-state index in [1.54, 1.807) is 19.2 Å². The van der Waals surface area contributed by atoms with E-state index in [2.05, 4.69) is 18.3 Å². The molecule has 0 spiro atoms. The van der Waals surface area contributed by atoms with E-state index in [9.17, 15) is 4.39 Å². The zero-order valence-corrected chi connectivity index (χ0v) is 18.7.